The van der Waals surface area contributed by atoms with Crippen LogP contribution in [0.25, 0.3) is 0 Å². The highest BCUT2D eigenvalue weighted by Crippen LogP contribution is 2.07. The lowest BCUT2D eigenvalue weighted by Crippen LogP contribution is -2.26. The predicted molar refractivity (Wildman–Crippen MR) is 65.5 cm³/mol. The SMILES string of the molecule is CNC(CCCOC)CCc1nccn1C. The first-order valence-corrected chi connectivity index (χ1v) is 5.90. The minimum Gasteiger partial charge on any atom is -0.385 e. The zero-order chi connectivity index (χ0) is 11.8. The number of aryl methyl sites for hydroxylation is 2. The molecule has 0 bridgehead atoms. The van der Waals surface area contributed by atoms with Crippen molar-refractivity contribution in [3.05, 3.63) is 18.2 Å². The lowest BCUT2D eigenvalue weighted by atomic mass is 10.1. The van der Waals surface area contributed by atoms with Crippen LogP contribution in [-0.2, 0) is 18.2 Å². The van der Waals surface area contributed by atoms with Crippen LogP contribution in [0.5, 0.6) is 0 Å². The summed E-state index contributed by atoms with van der Waals surface area (Å²) in [5.41, 5.74) is 0. The van der Waals surface area contributed by atoms with Gasteiger partial charge in [-0.1, -0.05) is 0 Å². The van der Waals surface area contributed by atoms with Crippen LogP contribution in [0.4, 0.5) is 0 Å². The second-order valence-corrected chi connectivity index (χ2v) is 4.11. The summed E-state index contributed by atoms with van der Waals surface area (Å²) in [5.74, 6) is 1.16. The number of methoxy groups -OCH3 is 1. The Kier molecular flexibility index (Phi) is 6.11. The van der Waals surface area contributed by atoms with E-state index in [4.69, 9.17) is 4.74 Å². The molecule has 0 saturated heterocycles. The fourth-order valence-corrected chi connectivity index (χ4v) is 1.85. The third kappa shape index (κ3) is 4.33. The van der Waals surface area contributed by atoms with E-state index in [1.54, 1.807) is 7.11 Å². The molecule has 0 amide bonds. The average molecular weight is 225 g/mol. The molecule has 16 heavy (non-hydrogen) atoms. The molecule has 1 aromatic rings. The molecule has 1 unspecified atom stereocenters. The molecule has 0 aliphatic heterocycles. The lowest BCUT2D eigenvalue weighted by Gasteiger charge is -2.15. The van der Waals surface area contributed by atoms with Crippen LogP contribution in [0.1, 0.15) is 25.1 Å². The first kappa shape index (κ1) is 13.2. The fraction of sp³-hybridized carbons (Fsp3) is 0.750. The fourth-order valence-electron chi connectivity index (χ4n) is 1.85. The molecule has 4 heteroatoms. The maximum Gasteiger partial charge on any atom is 0.108 e. The maximum absolute atomic E-state index is 5.06. The Morgan fingerprint density at radius 3 is 2.88 bits per heavy atom. The van der Waals surface area contributed by atoms with E-state index in [0.717, 1.165) is 38.1 Å². The van der Waals surface area contributed by atoms with Crippen LogP contribution >= 0.6 is 0 Å². The number of nitrogens with one attached hydrogen (secondary N) is 1. The van der Waals surface area contributed by atoms with Crippen LogP contribution in [-0.4, -0.2) is 36.4 Å². The van der Waals surface area contributed by atoms with Gasteiger partial charge in [0.2, 0.25) is 0 Å². The summed E-state index contributed by atoms with van der Waals surface area (Å²) in [4.78, 5) is 4.33. The van der Waals surface area contributed by atoms with Crippen molar-refractivity contribution < 1.29 is 4.74 Å². The van der Waals surface area contributed by atoms with Crippen molar-refractivity contribution in [3.63, 3.8) is 0 Å². The molecule has 1 N–H and O–H groups in total. The van der Waals surface area contributed by atoms with Crippen molar-refractivity contribution in [3.8, 4) is 0 Å². The van der Waals surface area contributed by atoms with E-state index in [1.807, 2.05) is 26.5 Å². The van der Waals surface area contributed by atoms with E-state index in [2.05, 4.69) is 14.9 Å². The number of ether oxygens (including phenoxy) is 1. The van der Waals surface area contributed by atoms with Gasteiger partial charge in [0.05, 0.1) is 0 Å². The monoisotopic (exact) mass is 225 g/mol. The number of nitrogens with zero attached hydrogens (tertiary/aromatic N) is 2. The van der Waals surface area contributed by atoms with Gasteiger partial charge in [-0.05, 0) is 26.3 Å². The van der Waals surface area contributed by atoms with E-state index < -0.39 is 0 Å². The second-order valence-electron chi connectivity index (χ2n) is 4.11. The first-order chi connectivity index (χ1) is 7.77. The quantitative estimate of drug-likeness (QED) is 0.679. The third-order valence-electron chi connectivity index (χ3n) is 2.95. The molecule has 0 fully saturated rings. The van der Waals surface area contributed by atoms with E-state index in [9.17, 15) is 0 Å². The van der Waals surface area contributed by atoms with Crippen molar-refractivity contribution in [2.75, 3.05) is 20.8 Å². The molecule has 1 atom stereocenters. The number of hydrogen-bond acceptors (Lipinski definition) is 3. The summed E-state index contributed by atoms with van der Waals surface area (Å²) < 4.78 is 7.15. The Balaban J connectivity index is 2.26. The molecule has 92 valence electrons. The first-order valence-electron chi connectivity index (χ1n) is 5.90. The number of imidazole rings is 1. The van der Waals surface area contributed by atoms with Gasteiger partial charge in [-0.3, -0.25) is 0 Å². The van der Waals surface area contributed by atoms with Gasteiger partial charge in [0.15, 0.2) is 0 Å². The number of hydrogen-bond donors (Lipinski definition) is 1. The molecular formula is C12H23N3O. The topological polar surface area (TPSA) is 39.1 Å². The van der Waals surface area contributed by atoms with Gasteiger partial charge < -0.3 is 14.6 Å². The molecule has 0 saturated carbocycles. The van der Waals surface area contributed by atoms with Crippen molar-refractivity contribution in [1.29, 1.82) is 0 Å². The minimum atomic E-state index is 0.562. The molecule has 4 nitrogen and oxygen atoms in total. The summed E-state index contributed by atoms with van der Waals surface area (Å²) in [6.45, 7) is 0.848. The van der Waals surface area contributed by atoms with Gasteiger partial charge in [-0.15, -0.1) is 0 Å². The zero-order valence-corrected chi connectivity index (χ0v) is 10.6. The van der Waals surface area contributed by atoms with Crippen molar-refractivity contribution in [2.45, 2.75) is 31.7 Å². The molecule has 0 aliphatic rings. The van der Waals surface area contributed by atoms with Gasteiger partial charge in [-0.25, -0.2) is 4.98 Å². The smallest absolute Gasteiger partial charge is 0.108 e. The number of rotatable bonds is 8. The standard InChI is InChI=1S/C12H23N3O/c1-13-11(5-4-10-16-3)6-7-12-14-8-9-15(12)2/h8-9,11,13H,4-7,10H2,1-3H3. The van der Waals surface area contributed by atoms with Gasteiger partial charge in [0.1, 0.15) is 5.82 Å². The summed E-state index contributed by atoms with van der Waals surface area (Å²) in [6, 6.07) is 0.562. The summed E-state index contributed by atoms with van der Waals surface area (Å²) in [7, 11) is 5.82. The largest absolute Gasteiger partial charge is 0.385 e. The molecule has 1 rings (SSSR count). The van der Waals surface area contributed by atoms with E-state index in [-0.39, 0.29) is 0 Å². The van der Waals surface area contributed by atoms with Crippen molar-refractivity contribution in [1.82, 2.24) is 14.9 Å². The Morgan fingerprint density at radius 1 is 1.50 bits per heavy atom. The average Bonchev–Trinajstić information content (AvgIpc) is 2.69. The Morgan fingerprint density at radius 2 is 2.31 bits per heavy atom. The van der Waals surface area contributed by atoms with E-state index in [1.165, 1.54) is 0 Å². The number of aromatic nitrogens is 2. The van der Waals surface area contributed by atoms with Crippen molar-refractivity contribution >= 4 is 0 Å². The zero-order valence-electron chi connectivity index (χ0n) is 10.6. The Bertz CT molecular complexity index is 286. The van der Waals surface area contributed by atoms with Crippen molar-refractivity contribution in [2.24, 2.45) is 7.05 Å². The molecule has 1 aromatic heterocycles. The minimum absolute atomic E-state index is 0.562. The highest BCUT2D eigenvalue weighted by Gasteiger charge is 2.07. The molecular weight excluding hydrogens is 202 g/mol. The Labute approximate surface area is 98.0 Å². The summed E-state index contributed by atoms with van der Waals surface area (Å²) in [5, 5.41) is 3.35. The van der Waals surface area contributed by atoms with E-state index >= 15 is 0 Å². The van der Waals surface area contributed by atoms with E-state index in [0.29, 0.717) is 6.04 Å². The maximum atomic E-state index is 5.06. The molecule has 0 spiro atoms. The Hall–Kier alpha value is -0.870. The third-order valence-corrected chi connectivity index (χ3v) is 2.95. The molecule has 0 radical (unpaired) electrons. The molecule has 1 heterocycles. The van der Waals surface area contributed by atoms with Gasteiger partial charge in [0, 0.05) is 45.6 Å². The lowest BCUT2D eigenvalue weighted by molar-refractivity contribution is 0.188. The van der Waals surface area contributed by atoms with Gasteiger partial charge in [0.25, 0.3) is 0 Å². The van der Waals surface area contributed by atoms with Crippen LogP contribution < -0.4 is 5.32 Å². The van der Waals surface area contributed by atoms with Crippen LogP contribution in [0, 0.1) is 0 Å². The van der Waals surface area contributed by atoms with Gasteiger partial charge >= 0.3 is 0 Å². The highest BCUT2D eigenvalue weighted by atomic mass is 16.5. The normalized spacial score (nSPS) is 12.9. The molecule has 0 aliphatic carbocycles. The summed E-state index contributed by atoms with van der Waals surface area (Å²) in [6.07, 6.45) is 8.29. The molecule has 0 aromatic carbocycles. The van der Waals surface area contributed by atoms with Gasteiger partial charge in [-0.2, -0.15) is 0 Å². The van der Waals surface area contributed by atoms with Crippen LogP contribution in [0.2, 0.25) is 0 Å². The van der Waals surface area contributed by atoms with Crippen LogP contribution in [0.15, 0.2) is 12.4 Å². The highest BCUT2D eigenvalue weighted by molar-refractivity contribution is 4.91. The van der Waals surface area contributed by atoms with Crippen LogP contribution in [0.3, 0.4) is 0 Å². The summed E-state index contributed by atoms with van der Waals surface area (Å²) >= 11 is 0. The predicted octanol–water partition coefficient (Wildman–Crippen LogP) is 1.37. The second kappa shape index (κ2) is 7.41.